The van der Waals surface area contributed by atoms with Crippen molar-refractivity contribution in [2.75, 3.05) is 13.2 Å². The highest BCUT2D eigenvalue weighted by Crippen LogP contribution is 2.19. The van der Waals surface area contributed by atoms with Gasteiger partial charge in [-0.05, 0) is 29.7 Å². The van der Waals surface area contributed by atoms with Gasteiger partial charge in [-0.25, -0.2) is 4.39 Å². The second-order valence-corrected chi connectivity index (χ2v) is 5.92. The van der Waals surface area contributed by atoms with E-state index in [1.165, 1.54) is 12.1 Å². The van der Waals surface area contributed by atoms with Crippen LogP contribution in [0.4, 0.5) is 4.39 Å². The summed E-state index contributed by atoms with van der Waals surface area (Å²) in [6, 6.07) is 14.2. The fourth-order valence-electron chi connectivity index (χ4n) is 2.54. The van der Waals surface area contributed by atoms with Crippen molar-refractivity contribution in [3.63, 3.8) is 0 Å². The first kappa shape index (κ1) is 17.7. The first-order valence-corrected chi connectivity index (χ1v) is 8.34. The molecule has 0 bridgehead atoms. The number of hydrogen-bond acceptors (Lipinski definition) is 3. The molecule has 0 fully saturated rings. The molecule has 0 aliphatic rings. The van der Waals surface area contributed by atoms with Gasteiger partial charge >= 0.3 is 0 Å². The highest BCUT2D eigenvalue weighted by molar-refractivity contribution is 5.77. The minimum Gasteiger partial charge on any atom is -0.481 e. The maximum Gasteiger partial charge on any atom is 0.257 e. The van der Waals surface area contributed by atoms with Crippen LogP contribution in [0.5, 0.6) is 5.75 Å². The number of benzene rings is 2. The van der Waals surface area contributed by atoms with Gasteiger partial charge in [-0.1, -0.05) is 36.4 Å². The molecular weight excluding hydrogens is 333 g/mol. The van der Waals surface area contributed by atoms with Gasteiger partial charge < -0.3 is 10.1 Å². The second kappa shape index (κ2) is 8.29. The molecule has 3 rings (SSSR count). The van der Waals surface area contributed by atoms with E-state index in [9.17, 15) is 9.18 Å². The number of aromatic nitrogens is 2. The van der Waals surface area contributed by atoms with Gasteiger partial charge in [-0.3, -0.25) is 9.48 Å². The van der Waals surface area contributed by atoms with Gasteiger partial charge in [-0.2, -0.15) is 5.10 Å². The van der Waals surface area contributed by atoms with Crippen LogP contribution in [0.3, 0.4) is 0 Å². The fourth-order valence-corrected chi connectivity index (χ4v) is 2.54. The molecule has 3 aromatic rings. The Bertz CT molecular complexity index is 875. The van der Waals surface area contributed by atoms with Crippen LogP contribution in [-0.2, 0) is 18.3 Å². The molecule has 5 nitrogen and oxygen atoms in total. The molecule has 26 heavy (non-hydrogen) atoms. The zero-order valence-corrected chi connectivity index (χ0v) is 14.5. The highest BCUT2D eigenvalue weighted by Gasteiger charge is 2.06. The minimum absolute atomic E-state index is 0.0774. The minimum atomic E-state index is -0.478. The van der Waals surface area contributed by atoms with E-state index in [0.29, 0.717) is 13.0 Å². The molecule has 0 unspecified atom stereocenters. The van der Waals surface area contributed by atoms with E-state index in [4.69, 9.17) is 4.74 Å². The third-order valence-corrected chi connectivity index (χ3v) is 3.92. The lowest BCUT2D eigenvalue weighted by Gasteiger charge is -2.08. The number of halogens is 1. The number of carbonyl (C=O) groups is 1. The van der Waals surface area contributed by atoms with E-state index in [1.807, 2.05) is 43.7 Å². The lowest BCUT2D eigenvalue weighted by atomic mass is 10.1. The summed E-state index contributed by atoms with van der Waals surface area (Å²) in [6.07, 6.45) is 4.49. The molecule has 0 aliphatic carbocycles. The Morgan fingerprint density at radius 3 is 2.62 bits per heavy atom. The normalized spacial score (nSPS) is 10.5. The molecule has 0 spiro atoms. The average molecular weight is 353 g/mol. The Labute approximate surface area is 151 Å². The number of carbonyl (C=O) groups excluding carboxylic acids is 1. The molecule has 134 valence electrons. The van der Waals surface area contributed by atoms with Crippen molar-refractivity contribution in [3.8, 4) is 16.9 Å². The summed E-state index contributed by atoms with van der Waals surface area (Å²) in [5, 5.41) is 6.93. The van der Waals surface area contributed by atoms with Gasteiger partial charge in [0.25, 0.3) is 5.91 Å². The van der Waals surface area contributed by atoms with Crippen molar-refractivity contribution in [2.45, 2.75) is 6.42 Å². The third-order valence-electron chi connectivity index (χ3n) is 3.92. The van der Waals surface area contributed by atoms with E-state index < -0.39 is 5.82 Å². The van der Waals surface area contributed by atoms with Crippen LogP contribution in [0.15, 0.2) is 60.9 Å². The van der Waals surface area contributed by atoms with Crippen LogP contribution in [0.2, 0.25) is 0 Å². The van der Waals surface area contributed by atoms with Crippen molar-refractivity contribution < 1.29 is 13.9 Å². The van der Waals surface area contributed by atoms with Crippen LogP contribution < -0.4 is 10.1 Å². The number of ether oxygens (including phenoxy) is 1. The van der Waals surface area contributed by atoms with E-state index in [1.54, 1.807) is 16.8 Å². The van der Waals surface area contributed by atoms with Gasteiger partial charge in [-0.15, -0.1) is 0 Å². The van der Waals surface area contributed by atoms with E-state index in [-0.39, 0.29) is 18.3 Å². The zero-order chi connectivity index (χ0) is 18.4. The van der Waals surface area contributed by atoms with Crippen molar-refractivity contribution in [1.29, 1.82) is 0 Å². The number of para-hydroxylation sites is 1. The third kappa shape index (κ3) is 4.69. The first-order chi connectivity index (χ1) is 12.6. The summed E-state index contributed by atoms with van der Waals surface area (Å²) in [5.41, 5.74) is 3.29. The number of amides is 1. The summed E-state index contributed by atoms with van der Waals surface area (Å²) >= 11 is 0. The summed E-state index contributed by atoms with van der Waals surface area (Å²) < 4.78 is 20.3. The van der Waals surface area contributed by atoms with Crippen molar-refractivity contribution in [3.05, 3.63) is 72.3 Å². The molecule has 0 aliphatic heterocycles. The quantitative estimate of drug-likeness (QED) is 0.710. The lowest BCUT2D eigenvalue weighted by molar-refractivity contribution is -0.123. The fraction of sp³-hybridized carbons (Fsp3) is 0.200. The van der Waals surface area contributed by atoms with Crippen LogP contribution in [-0.4, -0.2) is 28.8 Å². The first-order valence-electron chi connectivity index (χ1n) is 8.34. The standard InChI is InChI=1S/C20H20FN3O2/c1-24-13-17(12-23-24)16-8-6-15(7-9-16)10-11-22-20(25)14-26-19-5-3-2-4-18(19)21/h2-9,12-13H,10-11,14H2,1H3,(H,22,25). The van der Waals surface area contributed by atoms with Gasteiger partial charge in [0.1, 0.15) is 0 Å². The summed E-state index contributed by atoms with van der Waals surface area (Å²) in [5.74, 6) is -0.678. The number of nitrogens with one attached hydrogen (secondary N) is 1. The summed E-state index contributed by atoms with van der Waals surface area (Å²) in [7, 11) is 1.89. The molecule has 0 atom stereocenters. The van der Waals surface area contributed by atoms with Crippen molar-refractivity contribution >= 4 is 5.91 Å². The summed E-state index contributed by atoms with van der Waals surface area (Å²) in [6.45, 7) is 0.284. The van der Waals surface area contributed by atoms with Crippen molar-refractivity contribution in [1.82, 2.24) is 15.1 Å². The Morgan fingerprint density at radius 2 is 1.92 bits per heavy atom. The molecule has 0 saturated carbocycles. The maximum absolute atomic E-state index is 13.4. The van der Waals surface area contributed by atoms with E-state index in [2.05, 4.69) is 10.4 Å². The lowest BCUT2D eigenvalue weighted by Crippen LogP contribution is -2.30. The van der Waals surface area contributed by atoms with Crippen LogP contribution in [0.25, 0.3) is 11.1 Å². The topological polar surface area (TPSA) is 56.2 Å². The Balaban J connectivity index is 1.43. The van der Waals surface area contributed by atoms with Gasteiger partial charge in [0.15, 0.2) is 18.2 Å². The number of rotatable bonds is 7. The highest BCUT2D eigenvalue weighted by atomic mass is 19.1. The van der Waals surface area contributed by atoms with E-state index in [0.717, 1.165) is 16.7 Å². The molecule has 0 saturated heterocycles. The Hall–Kier alpha value is -3.15. The largest absolute Gasteiger partial charge is 0.481 e. The Kier molecular flexibility index (Phi) is 5.63. The smallest absolute Gasteiger partial charge is 0.257 e. The maximum atomic E-state index is 13.4. The second-order valence-electron chi connectivity index (χ2n) is 5.92. The Morgan fingerprint density at radius 1 is 1.15 bits per heavy atom. The monoisotopic (exact) mass is 353 g/mol. The number of nitrogens with zero attached hydrogens (tertiary/aromatic N) is 2. The summed E-state index contributed by atoms with van der Waals surface area (Å²) in [4.78, 5) is 11.8. The van der Waals surface area contributed by atoms with Crippen molar-refractivity contribution in [2.24, 2.45) is 7.05 Å². The molecule has 1 N–H and O–H groups in total. The number of aryl methyl sites for hydroxylation is 1. The molecular formula is C20H20FN3O2. The predicted octanol–water partition coefficient (Wildman–Crippen LogP) is 2.96. The number of hydrogen-bond donors (Lipinski definition) is 1. The van der Waals surface area contributed by atoms with Crippen LogP contribution in [0.1, 0.15) is 5.56 Å². The molecule has 0 radical (unpaired) electrons. The zero-order valence-electron chi connectivity index (χ0n) is 14.5. The van der Waals surface area contributed by atoms with Gasteiger partial charge in [0.2, 0.25) is 0 Å². The van der Waals surface area contributed by atoms with E-state index >= 15 is 0 Å². The molecule has 2 aromatic carbocycles. The average Bonchev–Trinajstić information content (AvgIpc) is 3.08. The predicted molar refractivity (Wildman–Crippen MR) is 97.3 cm³/mol. The van der Waals surface area contributed by atoms with Crippen LogP contribution >= 0.6 is 0 Å². The molecule has 1 heterocycles. The van der Waals surface area contributed by atoms with Gasteiger partial charge in [0, 0.05) is 25.4 Å². The SMILES string of the molecule is Cn1cc(-c2ccc(CCNC(=O)COc3ccccc3F)cc2)cn1. The van der Waals surface area contributed by atoms with Crippen LogP contribution in [0, 0.1) is 5.82 Å². The molecule has 1 amide bonds. The molecule has 6 heteroatoms. The van der Waals surface area contributed by atoms with Gasteiger partial charge in [0.05, 0.1) is 6.20 Å². The molecule has 1 aromatic heterocycles.